The second-order valence-corrected chi connectivity index (χ2v) is 10.5. The number of imide groups is 1. The maximum absolute atomic E-state index is 12.9. The summed E-state index contributed by atoms with van der Waals surface area (Å²) in [5.41, 5.74) is 1.96. The summed E-state index contributed by atoms with van der Waals surface area (Å²) in [6.07, 6.45) is 8.08. The van der Waals surface area contributed by atoms with E-state index in [-0.39, 0.29) is 6.54 Å². The van der Waals surface area contributed by atoms with Crippen molar-refractivity contribution in [2.45, 2.75) is 44.2 Å². The Hall–Kier alpha value is -2.92. The van der Waals surface area contributed by atoms with Crippen LogP contribution in [0.15, 0.2) is 24.7 Å². The monoisotopic (exact) mass is 442 g/mol. The molecule has 0 aromatic carbocycles. The Balaban J connectivity index is 1.32. The van der Waals surface area contributed by atoms with Gasteiger partial charge in [-0.3, -0.25) is 15.1 Å². The number of urea groups is 1. The van der Waals surface area contributed by atoms with Crippen LogP contribution in [0.25, 0.3) is 11.3 Å². The lowest BCUT2D eigenvalue weighted by molar-refractivity contribution is -0.122. The van der Waals surface area contributed by atoms with E-state index < -0.39 is 33.3 Å². The summed E-state index contributed by atoms with van der Waals surface area (Å²) in [7, 11) is -3.78. The molecule has 3 aliphatic rings. The molecule has 10 nitrogen and oxygen atoms in total. The molecule has 2 fully saturated rings. The molecule has 1 unspecified atom stereocenters. The van der Waals surface area contributed by atoms with Crippen molar-refractivity contribution in [2.75, 3.05) is 12.3 Å². The molecule has 2 aromatic heterocycles. The maximum atomic E-state index is 12.9. The average molecular weight is 443 g/mol. The largest absolute Gasteiger partial charge is 0.322 e. The Morgan fingerprint density at radius 3 is 2.52 bits per heavy atom. The van der Waals surface area contributed by atoms with Gasteiger partial charge >= 0.3 is 6.03 Å². The van der Waals surface area contributed by atoms with Crippen LogP contribution in [0.5, 0.6) is 0 Å². The van der Waals surface area contributed by atoms with Crippen LogP contribution < -0.4 is 10.6 Å². The molecule has 162 valence electrons. The van der Waals surface area contributed by atoms with Crippen molar-refractivity contribution in [3.63, 3.8) is 0 Å². The molecule has 3 amide bonds. The molecule has 1 aliphatic carbocycles. The fourth-order valence-corrected chi connectivity index (χ4v) is 5.79. The van der Waals surface area contributed by atoms with Crippen LogP contribution in [0, 0.1) is 0 Å². The highest BCUT2D eigenvalue weighted by Crippen LogP contribution is 2.38. The van der Waals surface area contributed by atoms with Crippen molar-refractivity contribution >= 4 is 22.0 Å². The van der Waals surface area contributed by atoms with Gasteiger partial charge in [0.15, 0.2) is 0 Å². The maximum Gasteiger partial charge on any atom is 0.322 e. The Morgan fingerprint density at radius 1 is 1.13 bits per heavy atom. The first-order valence-corrected chi connectivity index (χ1v) is 11.8. The van der Waals surface area contributed by atoms with Gasteiger partial charge in [0.1, 0.15) is 11.4 Å². The number of nitrogens with one attached hydrogen (secondary N) is 2. The molecule has 31 heavy (non-hydrogen) atoms. The molecular formula is C20H22N6O4S. The van der Waals surface area contributed by atoms with Gasteiger partial charge in [0, 0.05) is 43.2 Å². The van der Waals surface area contributed by atoms with Crippen molar-refractivity contribution < 1.29 is 18.0 Å². The third-order valence-electron chi connectivity index (χ3n) is 5.95. The quantitative estimate of drug-likeness (QED) is 0.651. The zero-order valence-corrected chi connectivity index (χ0v) is 17.8. The van der Waals surface area contributed by atoms with E-state index in [1.54, 1.807) is 18.6 Å². The molecule has 2 N–H and O–H groups in total. The first-order valence-electron chi connectivity index (χ1n) is 10.1. The van der Waals surface area contributed by atoms with Crippen molar-refractivity contribution in [1.29, 1.82) is 0 Å². The molecular weight excluding hydrogens is 420 g/mol. The van der Waals surface area contributed by atoms with Crippen LogP contribution in [-0.4, -0.2) is 57.4 Å². The fourth-order valence-electron chi connectivity index (χ4n) is 3.97. The van der Waals surface area contributed by atoms with Gasteiger partial charge in [-0.15, -0.1) is 0 Å². The molecule has 1 saturated heterocycles. The van der Waals surface area contributed by atoms with E-state index in [0.29, 0.717) is 18.9 Å². The van der Waals surface area contributed by atoms with Crippen LogP contribution in [-0.2, 0) is 27.8 Å². The Labute approximate surface area is 179 Å². The van der Waals surface area contributed by atoms with Crippen molar-refractivity contribution in [1.82, 2.24) is 29.9 Å². The first-order chi connectivity index (χ1) is 14.7. The van der Waals surface area contributed by atoms with Gasteiger partial charge in [0.05, 0.1) is 11.4 Å². The summed E-state index contributed by atoms with van der Waals surface area (Å²) in [6, 6.07) is 1.28. The summed E-state index contributed by atoms with van der Waals surface area (Å²) in [6.45, 7) is 1.88. The minimum atomic E-state index is -3.78. The predicted molar refractivity (Wildman–Crippen MR) is 110 cm³/mol. The average Bonchev–Trinajstić information content (AvgIpc) is 3.54. The fraction of sp³-hybridized carbons (Fsp3) is 0.450. The van der Waals surface area contributed by atoms with Crippen LogP contribution >= 0.6 is 0 Å². The highest BCUT2D eigenvalue weighted by atomic mass is 32.2. The standard InChI is InChI=1S/C20H22N6O4S/c1-20(18(27)24-19(28)25-20)11-31(29,30)26-5-4-13-6-16(21-9-15(13)10-26)14-7-22-17(23-8-14)12-2-3-12/h6-9,12H,2-5,10-11H2,1H3,(H2,24,25,27,28). The number of carbonyl (C=O) groups excluding carboxylic acids is 2. The molecule has 0 spiro atoms. The van der Waals surface area contributed by atoms with Crippen molar-refractivity contribution in [3.8, 4) is 11.3 Å². The molecule has 0 bridgehead atoms. The Morgan fingerprint density at radius 2 is 1.87 bits per heavy atom. The predicted octanol–water partition coefficient (Wildman–Crippen LogP) is 0.702. The third-order valence-corrected chi connectivity index (χ3v) is 7.99. The van der Waals surface area contributed by atoms with Gasteiger partial charge in [-0.1, -0.05) is 0 Å². The molecule has 11 heteroatoms. The molecule has 0 radical (unpaired) electrons. The van der Waals surface area contributed by atoms with Crippen molar-refractivity contribution in [3.05, 3.63) is 41.6 Å². The SMILES string of the molecule is CC1(CS(=O)(=O)N2CCc3cc(-c4cnc(C5CC5)nc4)ncc3C2)NC(=O)NC1=O. The summed E-state index contributed by atoms with van der Waals surface area (Å²) in [5, 5.41) is 4.50. The molecule has 2 aromatic rings. The van der Waals surface area contributed by atoms with Gasteiger partial charge in [-0.25, -0.2) is 23.2 Å². The lowest BCUT2D eigenvalue weighted by atomic mass is 10.0. The zero-order valence-electron chi connectivity index (χ0n) is 17.0. The second kappa shape index (κ2) is 7.06. The number of nitrogens with zero attached hydrogens (tertiary/aromatic N) is 4. The van der Waals surface area contributed by atoms with Crippen molar-refractivity contribution in [2.24, 2.45) is 0 Å². The number of sulfonamides is 1. The highest BCUT2D eigenvalue weighted by Gasteiger charge is 2.46. The van der Waals surface area contributed by atoms with E-state index in [2.05, 4.69) is 25.6 Å². The van der Waals surface area contributed by atoms with Gasteiger partial charge in [0.2, 0.25) is 10.0 Å². The van der Waals surface area contributed by atoms with E-state index in [0.717, 1.165) is 41.1 Å². The number of hydrogen-bond donors (Lipinski definition) is 2. The minimum Gasteiger partial charge on any atom is -0.322 e. The lowest BCUT2D eigenvalue weighted by Gasteiger charge is -2.30. The number of carbonyl (C=O) groups is 2. The highest BCUT2D eigenvalue weighted by molar-refractivity contribution is 7.89. The van der Waals surface area contributed by atoms with Crippen LogP contribution in [0.1, 0.15) is 42.6 Å². The minimum absolute atomic E-state index is 0.174. The molecule has 1 saturated carbocycles. The Bertz CT molecular complexity index is 1180. The van der Waals surface area contributed by atoms with Crippen LogP contribution in [0.3, 0.4) is 0 Å². The molecule has 4 heterocycles. The third kappa shape index (κ3) is 3.79. The van der Waals surface area contributed by atoms with Gasteiger partial charge in [-0.05, 0) is 43.4 Å². The normalized spacial score (nSPS) is 23.9. The number of pyridine rings is 1. The van der Waals surface area contributed by atoms with Crippen LogP contribution in [0.2, 0.25) is 0 Å². The first kappa shape index (κ1) is 20.0. The number of hydrogen-bond acceptors (Lipinski definition) is 7. The molecule has 2 aliphatic heterocycles. The van der Waals surface area contributed by atoms with Crippen LogP contribution in [0.4, 0.5) is 4.79 Å². The number of rotatable bonds is 5. The molecule has 1 atom stereocenters. The van der Waals surface area contributed by atoms with Gasteiger partial charge in [-0.2, -0.15) is 4.31 Å². The second-order valence-electron chi connectivity index (χ2n) is 8.52. The number of amides is 3. The van der Waals surface area contributed by atoms with E-state index in [4.69, 9.17) is 0 Å². The molecule has 5 rings (SSSR count). The van der Waals surface area contributed by atoms with E-state index in [1.165, 1.54) is 11.2 Å². The Kier molecular flexibility index (Phi) is 4.56. The van der Waals surface area contributed by atoms with Gasteiger partial charge in [0.25, 0.3) is 5.91 Å². The summed E-state index contributed by atoms with van der Waals surface area (Å²) >= 11 is 0. The topological polar surface area (TPSA) is 134 Å². The van der Waals surface area contributed by atoms with E-state index in [9.17, 15) is 18.0 Å². The summed E-state index contributed by atoms with van der Waals surface area (Å²) in [5.74, 6) is 0.232. The number of fused-ring (bicyclic) bond motifs is 1. The van der Waals surface area contributed by atoms with E-state index in [1.807, 2.05) is 6.07 Å². The summed E-state index contributed by atoms with van der Waals surface area (Å²) < 4.78 is 27.2. The zero-order chi connectivity index (χ0) is 21.8. The van der Waals surface area contributed by atoms with Gasteiger partial charge < -0.3 is 5.32 Å². The van der Waals surface area contributed by atoms with E-state index >= 15 is 0 Å². The lowest BCUT2D eigenvalue weighted by Crippen LogP contribution is -2.53. The number of aromatic nitrogens is 3. The smallest absolute Gasteiger partial charge is 0.322 e. The summed E-state index contributed by atoms with van der Waals surface area (Å²) in [4.78, 5) is 36.8.